The van der Waals surface area contributed by atoms with Crippen molar-refractivity contribution in [2.45, 2.75) is 65.2 Å². The molecule has 0 aromatic rings. The van der Waals surface area contributed by atoms with E-state index in [4.69, 9.17) is 9.47 Å². The minimum Gasteiger partial charge on any atom is -0.350 e. The third kappa shape index (κ3) is 8.47. The van der Waals surface area contributed by atoms with E-state index in [9.17, 15) is 0 Å². The highest BCUT2D eigenvalue weighted by Crippen LogP contribution is 2.08. The predicted octanol–water partition coefficient (Wildman–Crippen LogP) is 2.19. The summed E-state index contributed by atoms with van der Waals surface area (Å²) >= 11 is 0. The molecule has 0 fully saturated rings. The van der Waals surface area contributed by atoms with Crippen LogP contribution in [0.3, 0.4) is 0 Å². The van der Waals surface area contributed by atoms with E-state index in [2.05, 4.69) is 34.6 Å². The van der Waals surface area contributed by atoms with Crippen LogP contribution in [0.5, 0.6) is 0 Å². The van der Waals surface area contributed by atoms with Crippen molar-refractivity contribution in [1.82, 2.24) is 0 Å². The van der Waals surface area contributed by atoms with E-state index in [1.54, 1.807) is 0 Å². The number of hydrogen-bond donors (Lipinski definition) is 0. The number of hydrogen-bond acceptors (Lipinski definition) is 2. The second-order valence-corrected chi connectivity index (χ2v) is 6.23. The zero-order valence-electron chi connectivity index (χ0n) is 9.67. The molecule has 0 rings (SSSR count). The molecule has 0 aliphatic rings. The summed E-state index contributed by atoms with van der Waals surface area (Å²) in [5.41, 5.74) is 0. The normalized spacial score (nSPS) is 12.9. The summed E-state index contributed by atoms with van der Waals surface area (Å²) in [6.07, 6.45) is 0.593. The van der Waals surface area contributed by atoms with Crippen molar-refractivity contribution in [3.63, 3.8) is 0 Å². The van der Waals surface area contributed by atoms with E-state index in [1.165, 1.54) is 6.04 Å². The van der Waals surface area contributed by atoms with Crippen LogP contribution in [0.25, 0.3) is 0 Å². The molecule has 0 amide bonds. The molecule has 80 valence electrons. The Kier molecular flexibility index (Phi) is 7.61. The van der Waals surface area contributed by atoms with Gasteiger partial charge in [-0.2, -0.15) is 0 Å². The molecule has 0 saturated heterocycles. The molecule has 0 atom stereocenters. The van der Waals surface area contributed by atoms with E-state index < -0.39 is 0 Å². The quantitative estimate of drug-likeness (QED) is 0.467. The van der Waals surface area contributed by atoms with Gasteiger partial charge in [-0.1, -0.05) is 13.0 Å². The van der Waals surface area contributed by atoms with E-state index in [-0.39, 0.29) is 28.0 Å². The van der Waals surface area contributed by atoms with Gasteiger partial charge >= 0.3 is 0 Å². The molecule has 0 aromatic carbocycles. The zero-order valence-corrected chi connectivity index (χ0v) is 11.1. The molecular formula is C10H24O2Si. The molecule has 0 radical (unpaired) electrons. The number of ether oxygens (including phenoxy) is 2. The van der Waals surface area contributed by atoms with E-state index in [0.717, 1.165) is 6.04 Å². The molecule has 2 nitrogen and oxygen atoms in total. The van der Waals surface area contributed by atoms with Gasteiger partial charge in [-0.3, -0.25) is 0 Å². The summed E-state index contributed by atoms with van der Waals surface area (Å²) in [4.78, 5) is 0. The van der Waals surface area contributed by atoms with Gasteiger partial charge in [-0.05, 0) is 33.7 Å². The first-order chi connectivity index (χ1) is 6.06. The second-order valence-electron chi connectivity index (χ2n) is 3.94. The van der Waals surface area contributed by atoms with Crippen LogP contribution in [-0.2, 0) is 9.47 Å². The number of rotatable bonds is 7. The molecular weight excluding hydrogens is 180 g/mol. The van der Waals surface area contributed by atoms with Crippen molar-refractivity contribution >= 4 is 9.52 Å². The summed E-state index contributed by atoms with van der Waals surface area (Å²) in [6.45, 7) is 10.5. The van der Waals surface area contributed by atoms with Gasteiger partial charge in [0.25, 0.3) is 0 Å². The Morgan fingerprint density at radius 3 is 1.77 bits per heavy atom. The van der Waals surface area contributed by atoms with Gasteiger partial charge in [0.05, 0.1) is 12.2 Å². The fourth-order valence-corrected chi connectivity index (χ4v) is 2.16. The SMILES string of the molecule is CC[SiH2]CC(OC(C)C)OC(C)C. The molecule has 0 aliphatic heterocycles. The monoisotopic (exact) mass is 204 g/mol. The first-order valence-electron chi connectivity index (χ1n) is 5.37. The van der Waals surface area contributed by atoms with Crippen LogP contribution in [0.2, 0.25) is 12.1 Å². The van der Waals surface area contributed by atoms with Crippen molar-refractivity contribution < 1.29 is 9.47 Å². The van der Waals surface area contributed by atoms with Gasteiger partial charge < -0.3 is 9.47 Å². The molecule has 0 heterocycles. The Hall–Kier alpha value is 0.137. The predicted molar refractivity (Wildman–Crippen MR) is 60.1 cm³/mol. The third-order valence-electron chi connectivity index (χ3n) is 1.64. The smallest absolute Gasteiger partial charge is 0.155 e. The molecule has 13 heavy (non-hydrogen) atoms. The third-order valence-corrected chi connectivity index (χ3v) is 3.23. The van der Waals surface area contributed by atoms with Gasteiger partial charge in [0.15, 0.2) is 6.29 Å². The lowest BCUT2D eigenvalue weighted by atomic mass is 10.4. The van der Waals surface area contributed by atoms with Crippen LogP contribution in [0, 0.1) is 0 Å². The molecule has 0 spiro atoms. The fraction of sp³-hybridized carbons (Fsp3) is 1.00. The Labute approximate surface area is 84.8 Å². The van der Waals surface area contributed by atoms with Crippen molar-refractivity contribution in [3.8, 4) is 0 Å². The molecule has 0 bridgehead atoms. The van der Waals surface area contributed by atoms with Crippen LogP contribution in [-0.4, -0.2) is 28.0 Å². The van der Waals surface area contributed by atoms with Crippen LogP contribution >= 0.6 is 0 Å². The standard InChI is InChI=1S/C10H24O2Si/c1-6-13-7-10(11-8(2)3)12-9(4)5/h8-10H,6-7,13H2,1-5H3. The minimum absolute atomic E-state index is 0.0383. The Morgan fingerprint density at radius 2 is 1.46 bits per heavy atom. The van der Waals surface area contributed by atoms with Crippen molar-refractivity contribution in [1.29, 1.82) is 0 Å². The molecule has 0 aromatic heterocycles. The summed E-state index contributed by atoms with van der Waals surface area (Å²) in [7, 11) is 0.0383. The topological polar surface area (TPSA) is 18.5 Å². The van der Waals surface area contributed by atoms with Gasteiger partial charge in [-0.25, -0.2) is 0 Å². The lowest BCUT2D eigenvalue weighted by Gasteiger charge is -2.22. The van der Waals surface area contributed by atoms with Crippen LogP contribution in [0.4, 0.5) is 0 Å². The van der Waals surface area contributed by atoms with Crippen molar-refractivity contribution in [3.05, 3.63) is 0 Å². The molecule has 3 heteroatoms. The molecule has 0 N–H and O–H groups in total. The van der Waals surface area contributed by atoms with E-state index >= 15 is 0 Å². The Balaban J connectivity index is 3.73. The van der Waals surface area contributed by atoms with Gasteiger partial charge in [-0.15, -0.1) is 0 Å². The molecule has 0 unspecified atom stereocenters. The maximum absolute atomic E-state index is 5.68. The van der Waals surface area contributed by atoms with Crippen molar-refractivity contribution in [2.75, 3.05) is 0 Å². The highest BCUT2D eigenvalue weighted by Gasteiger charge is 2.12. The molecule has 0 aliphatic carbocycles. The average molecular weight is 204 g/mol. The first-order valence-corrected chi connectivity index (χ1v) is 7.37. The fourth-order valence-electron chi connectivity index (χ4n) is 1.15. The average Bonchev–Trinajstić information content (AvgIpc) is 1.98. The lowest BCUT2D eigenvalue weighted by molar-refractivity contribution is -0.169. The lowest BCUT2D eigenvalue weighted by Crippen LogP contribution is -2.25. The van der Waals surface area contributed by atoms with Gasteiger partial charge in [0, 0.05) is 9.52 Å². The summed E-state index contributed by atoms with van der Waals surface area (Å²) in [5, 5.41) is 0. The maximum Gasteiger partial charge on any atom is 0.155 e. The van der Waals surface area contributed by atoms with E-state index in [1.807, 2.05) is 0 Å². The highest BCUT2D eigenvalue weighted by molar-refractivity contribution is 6.35. The first kappa shape index (κ1) is 13.1. The largest absolute Gasteiger partial charge is 0.350 e. The summed E-state index contributed by atoms with van der Waals surface area (Å²) in [6, 6.07) is 2.48. The van der Waals surface area contributed by atoms with Crippen LogP contribution in [0.15, 0.2) is 0 Å². The Bertz CT molecular complexity index is 105. The van der Waals surface area contributed by atoms with Crippen LogP contribution in [0.1, 0.15) is 34.6 Å². The van der Waals surface area contributed by atoms with Gasteiger partial charge in [0.1, 0.15) is 0 Å². The zero-order chi connectivity index (χ0) is 10.3. The molecule has 0 saturated carbocycles. The minimum atomic E-state index is 0.0383. The van der Waals surface area contributed by atoms with E-state index in [0.29, 0.717) is 0 Å². The second kappa shape index (κ2) is 7.53. The summed E-state index contributed by atoms with van der Waals surface area (Å²) in [5.74, 6) is 0. The van der Waals surface area contributed by atoms with Crippen molar-refractivity contribution in [2.24, 2.45) is 0 Å². The van der Waals surface area contributed by atoms with Crippen LogP contribution < -0.4 is 0 Å². The highest BCUT2D eigenvalue weighted by atomic mass is 28.2. The summed E-state index contributed by atoms with van der Waals surface area (Å²) < 4.78 is 11.4. The maximum atomic E-state index is 5.68. The Morgan fingerprint density at radius 1 is 1.00 bits per heavy atom. The van der Waals surface area contributed by atoms with Gasteiger partial charge in [0.2, 0.25) is 0 Å².